The lowest BCUT2D eigenvalue weighted by molar-refractivity contribution is 0.00597. The number of nitrogens with one attached hydrogen (secondary N) is 1. The van der Waals surface area contributed by atoms with Crippen molar-refractivity contribution in [3.8, 4) is 0 Å². The molecule has 1 aliphatic carbocycles. The minimum absolute atomic E-state index is 0.0381. The summed E-state index contributed by atoms with van der Waals surface area (Å²) in [5.41, 5.74) is -0.0381. The topological polar surface area (TPSA) is 56.4 Å². The summed E-state index contributed by atoms with van der Waals surface area (Å²) >= 11 is 0. The van der Waals surface area contributed by atoms with E-state index in [1.165, 1.54) is 49.2 Å². The van der Waals surface area contributed by atoms with Crippen LogP contribution in [-0.4, -0.2) is 30.0 Å². The molecule has 0 bridgehead atoms. The van der Waals surface area contributed by atoms with Gasteiger partial charge in [0.1, 0.15) is 6.26 Å². The molecule has 20 heavy (non-hydrogen) atoms. The molecule has 112 valence electrons. The summed E-state index contributed by atoms with van der Waals surface area (Å²) in [4.78, 5) is 11.6. The van der Waals surface area contributed by atoms with Gasteiger partial charge < -0.3 is 14.6 Å². The number of piperidine rings is 1. The van der Waals surface area contributed by atoms with E-state index in [0.717, 1.165) is 26.0 Å². The number of nitrogens with zero attached hydrogens (tertiary/aromatic N) is 1. The summed E-state index contributed by atoms with van der Waals surface area (Å²) in [5, 5.41) is 3.49. The molecule has 0 spiro atoms. The molecule has 0 aromatic carbocycles. The zero-order chi connectivity index (χ0) is 13.8. The molecule has 2 heterocycles. The maximum Gasteiger partial charge on any atom is 0.282 e. The fourth-order valence-electron chi connectivity index (χ4n) is 3.35. The predicted octanol–water partition coefficient (Wildman–Crippen LogP) is 2.08. The normalized spacial score (nSPS) is 28.6. The van der Waals surface area contributed by atoms with Crippen LogP contribution in [0.25, 0.3) is 0 Å². The molecule has 1 aliphatic heterocycles. The standard InChI is InChI=1S/C15H24N2O3/c18-15-7-9-20-17(15)13-6-8-16-12(10-13)11-19-14-4-2-1-3-5-14/h7,9,12-14,16H,1-6,8,10-11H2/t12-,13-/m0/s1. The SMILES string of the molecule is O=c1ccon1[C@H]1CCN[C@H](COC2CCCCC2)C1. The summed E-state index contributed by atoms with van der Waals surface area (Å²) in [6.45, 7) is 1.66. The van der Waals surface area contributed by atoms with Crippen LogP contribution in [0.4, 0.5) is 0 Å². The average molecular weight is 280 g/mol. The van der Waals surface area contributed by atoms with Gasteiger partial charge in [0.05, 0.1) is 18.8 Å². The van der Waals surface area contributed by atoms with Gasteiger partial charge >= 0.3 is 0 Å². The van der Waals surface area contributed by atoms with Crippen LogP contribution >= 0.6 is 0 Å². The Bertz CT molecular complexity index is 462. The summed E-state index contributed by atoms with van der Waals surface area (Å²) < 4.78 is 12.8. The monoisotopic (exact) mass is 280 g/mol. The van der Waals surface area contributed by atoms with Crippen molar-refractivity contribution in [3.05, 3.63) is 22.7 Å². The first-order chi connectivity index (χ1) is 9.83. The maximum atomic E-state index is 11.6. The van der Waals surface area contributed by atoms with E-state index in [1.54, 1.807) is 0 Å². The van der Waals surface area contributed by atoms with Gasteiger partial charge in [-0.05, 0) is 32.2 Å². The molecule has 2 atom stereocenters. The van der Waals surface area contributed by atoms with Crippen LogP contribution in [0.2, 0.25) is 0 Å². The number of hydrogen-bond acceptors (Lipinski definition) is 4. The van der Waals surface area contributed by atoms with Gasteiger partial charge in [0, 0.05) is 12.1 Å². The molecular formula is C15H24N2O3. The zero-order valence-corrected chi connectivity index (χ0v) is 11.9. The molecule has 5 nitrogen and oxygen atoms in total. The van der Waals surface area contributed by atoms with Crippen LogP contribution in [0.1, 0.15) is 51.0 Å². The Kier molecular flexibility index (Phi) is 4.58. The van der Waals surface area contributed by atoms with Crippen molar-refractivity contribution < 1.29 is 9.26 Å². The third-order valence-corrected chi connectivity index (χ3v) is 4.49. The lowest BCUT2D eigenvalue weighted by Gasteiger charge is -2.31. The van der Waals surface area contributed by atoms with Gasteiger partial charge in [0.25, 0.3) is 5.56 Å². The minimum Gasteiger partial charge on any atom is -0.384 e. The smallest absolute Gasteiger partial charge is 0.282 e. The zero-order valence-electron chi connectivity index (χ0n) is 11.9. The predicted molar refractivity (Wildman–Crippen MR) is 75.9 cm³/mol. The van der Waals surface area contributed by atoms with E-state index < -0.39 is 0 Å². The Balaban J connectivity index is 1.50. The highest BCUT2D eigenvalue weighted by Gasteiger charge is 2.26. The van der Waals surface area contributed by atoms with E-state index >= 15 is 0 Å². The van der Waals surface area contributed by atoms with Gasteiger partial charge in [-0.15, -0.1) is 0 Å². The molecular weight excluding hydrogens is 256 g/mol. The van der Waals surface area contributed by atoms with Crippen LogP contribution < -0.4 is 10.9 Å². The molecule has 0 amide bonds. The molecule has 2 aliphatic rings. The van der Waals surface area contributed by atoms with Crippen LogP contribution in [0.5, 0.6) is 0 Å². The van der Waals surface area contributed by atoms with Crippen LogP contribution in [0.15, 0.2) is 21.6 Å². The Labute approximate surface area is 119 Å². The van der Waals surface area contributed by atoms with Gasteiger partial charge in [0.2, 0.25) is 0 Å². The van der Waals surface area contributed by atoms with Gasteiger partial charge in [-0.2, -0.15) is 4.74 Å². The molecule has 5 heteroatoms. The Hall–Kier alpha value is -1.07. The van der Waals surface area contributed by atoms with Crippen LogP contribution in [0, 0.1) is 0 Å². The molecule has 2 fully saturated rings. The first kappa shape index (κ1) is 13.9. The van der Waals surface area contributed by atoms with Gasteiger partial charge in [0.15, 0.2) is 0 Å². The van der Waals surface area contributed by atoms with Crippen LogP contribution in [-0.2, 0) is 4.74 Å². The Morgan fingerprint density at radius 2 is 2.15 bits per heavy atom. The van der Waals surface area contributed by atoms with Crippen LogP contribution in [0.3, 0.4) is 0 Å². The van der Waals surface area contributed by atoms with Crippen molar-refractivity contribution in [3.63, 3.8) is 0 Å². The van der Waals surface area contributed by atoms with E-state index in [2.05, 4.69) is 5.32 Å². The minimum atomic E-state index is -0.0381. The third kappa shape index (κ3) is 3.33. The summed E-state index contributed by atoms with van der Waals surface area (Å²) in [7, 11) is 0. The van der Waals surface area contributed by atoms with Gasteiger partial charge in [-0.25, -0.2) is 0 Å². The second-order valence-corrected chi connectivity index (χ2v) is 5.99. The largest absolute Gasteiger partial charge is 0.384 e. The molecule has 1 aromatic heterocycles. The highest BCUT2D eigenvalue weighted by atomic mass is 16.5. The van der Waals surface area contributed by atoms with E-state index in [9.17, 15) is 4.79 Å². The molecule has 3 rings (SSSR count). The molecule has 1 saturated carbocycles. The first-order valence-corrected chi connectivity index (χ1v) is 7.84. The van der Waals surface area contributed by atoms with Crippen molar-refractivity contribution in [1.29, 1.82) is 0 Å². The molecule has 1 N–H and O–H groups in total. The first-order valence-electron chi connectivity index (χ1n) is 7.84. The third-order valence-electron chi connectivity index (χ3n) is 4.49. The van der Waals surface area contributed by atoms with E-state index in [0.29, 0.717) is 12.1 Å². The van der Waals surface area contributed by atoms with E-state index in [1.807, 2.05) is 0 Å². The second kappa shape index (κ2) is 6.59. The number of rotatable bonds is 4. The van der Waals surface area contributed by atoms with Crippen molar-refractivity contribution >= 4 is 0 Å². The highest BCUT2D eigenvalue weighted by molar-refractivity contribution is 4.85. The summed E-state index contributed by atoms with van der Waals surface area (Å²) in [6, 6.07) is 1.97. The van der Waals surface area contributed by atoms with Gasteiger partial charge in [-0.1, -0.05) is 19.3 Å². The van der Waals surface area contributed by atoms with E-state index in [-0.39, 0.29) is 11.6 Å². The Morgan fingerprint density at radius 3 is 2.90 bits per heavy atom. The molecule has 1 aromatic rings. The number of hydrogen-bond donors (Lipinski definition) is 1. The number of ether oxygens (including phenoxy) is 1. The molecule has 0 radical (unpaired) electrons. The summed E-state index contributed by atoms with van der Waals surface area (Å²) in [5.74, 6) is 0. The van der Waals surface area contributed by atoms with Crippen molar-refractivity contribution in [2.75, 3.05) is 13.2 Å². The lowest BCUT2D eigenvalue weighted by Crippen LogP contribution is -2.43. The maximum absolute atomic E-state index is 11.6. The van der Waals surface area contributed by atoms with E-state index in [4.69, 9.17) is 9.26 Å². The van der Waals surface area contributed by atoms with Crippen molar-refractivity contribution in [2.24, 2.45) is 0 Å². The molecule has 0 unspecified atom stereocenters. The Morgan fingerprint density at radius 1 is 1.30 bits per heavy atom. The summed E-state index contributed by atoms with van der Waals surface area (Å²) in [6.07, 6.45) is 10.1. The second-order valence-electron chi connectivity index (χ2n) is 5.99. The lowest BCUT2D eigenvalue weighted by atomic mass is 9.97. The number of aromatic nitrogens is 1. The fourth-order valence-corrected chi connectivity index (χ4v) is 3.35. The average Bonchev–Trinajstić information content (AvgIpc) is 2.93. The van der Waals surface area contributed by atoms with Crippen molar-refractivity contribution in [2.45, 2.75) is 63.1 Å². The highest BCUT2D eigenvalue weighted by Crippen LogP contribution is 2.23. The quantitative estimate of drug-likeness (QED) is 0.917. The van der Waals surface area contributed by atoms with Crippen molar-refractivity contribution in [1.82, 2.24) is 10.1 Å². The van der Waals surface area contributed by atoms with Gasteiger partial charge in [-0.3, -0.25) is 4.79 Å². The fraction of sp³-hybridized carbons (Fsp3) is 0.800. The molecule has 1 saturated heterocycles.